The lowest BCUT2D eigenvalue weighted by molar-refractivity contribution is -0.122. The number of hydrogen-bond donors (Lipinski definition) is 1. The number of sulfonamides is 1. The molecule has 0 spiro atoms. The molecular formula is C20H26N2O4S. The molecule has 0 heterocycles. The third kappa shape index (κ3) is 5.30. The molecule has 0 aromatic heterocycles. The van der Waals surface area contributed by atoms with Gasteiger partial charge in [-0.1, -0.05) is 32.0 Å². The van der Waals surface area contributed by atoms with Gasteiger partial charge in [-0.15, -0.1) is 0 Å². The van der Waals surface area contributed by atoms with E-state index in [2.05, 4.69) is 5.32 Å². The van der Waals surface area contributed by atoms with Crippen LogP contribution in [0.4, 0.5) is 5.69 Å². The average molecular weight is 391 g/mol. The van der Waals surface area contributed by atoms with Crippen LogP contribution in [0.5, 0.6) is 5.75 Å². The van der Waals surface area contributed by atoms with Crippen LogP contribution in [-0.2, 0) is 14.8 Å². The maximum absolute atomic E-state index is 12.6. The van der Waals surface area contributed by atoms with Crippen LogP contribution in [0.3, 0.4) is 0 Å². The van der Waals surface area contributed by atoms with Crippen molar-refractivity contribution < 1.29 is 17.9 Å². The molecule has 0 fully saturated rings. The summed E-state index contributed by atoms with van der Waals surface area (Å²) in [6.07, 6.45) is -0.727. The minimum Gasteiger partial charge on any atom is -0.481 e. The topological polar surface area (TPSA) is 75.7 Å². The molecule has 0 aliphatic rings. The van der Waals surface area contributed by atoms with Crippen LogP contribution >= 0.6 is 0 Å². The van der Waals surface area contributed by atoms with E-state index in [9.17, 15) is 13.2 Å². The van der Waals surface area contributed by atoms with Gasteiger partial charge in [0.25, 0.3) is 5.91 Å². The molecule has 27 heavy (non-hydrogen) atoms. The van der Waals surface area contributed by atoms with Crippen molar-refractivity contribution >= 4 is 21.6 Å². The Morgan fingerprint density at radius 2 is 1.78 bits per heavy atom. The van der Waals surface area contributed by atoms with E-state index in [1.165, 1.54) is 16.4 Å². The monoisotopic (exact) mass is 390 g/mol. The number of rotatable bonds is 8. The van der Waals surface area contributed by atoms with Crippen LogP contribution < -0.4 is 10.1 Å². The number of anilines is 1. The predicted molar refractivity (Wildman–Crippen MR) is 106 cm³/mol. The quantitative estimate of drug-likeness (QED) is 0.749. The number of carbonyl (C=O) groups is 1. The fraction of sp³-hybridized carbons (Fsp3) is 0.350. The maximum atomic E-state index is 12.6. The molecule has 1 amide bonds. The molecular weight excluding hydrogens is 364 g/mol. The Balaban J connectivity index is 2.12. The highest BCUT2D eigenvalue weighted by Crippen LogP contribution is 2.20. The first-order valence-electron chi connectivity index (χ1n) is 8.92. The van der Waals surface area contributed by atoms with E-state index in [4.69, 9.17) is 4.74 Å². The first-order chi connectivity index (χ1) is 12.8. The summed E-state index contributed by atoms with van der Waals surface area (Å²) in [6.45, 7) is 7.94. The zero-order valence-electron chi connectivity index (χ0n) is 16.1. The van der Waals surface area contributed by atoms with Crippen LogP contribution in [0, 0.1) is 6.92 Å². The molecule has 0 saturated carbocycles. The van der Waals surface area contributed by atoms with Crippen molar-refractivity contribution in [1.82, 2.24) is 4.31 Å². The molecule has 0 bridgehead atoms. The number of hydrogen-bond acceptors (Lipinski definition) is 4. The SMILES string of the molecule is CCN(CC)S(=O)(=O)c1cccc(NC(=O)C(C)Oc2cccc(C)c2)c1. The van der Waals surface area contributed by atoms with Gasteiger partial charge in [-0.25, -0.2) is 8.42 Å². The minimum atomic E-state index is -3.58. The third-order valence-corrected chi connectivity index (χ3v) is 6.16. The van der Waals surface area contributed by atoms with E-state index in [1.807, 2.05) is 25.1 Å². The number of benzene rings is 2. The van der Waals surface area contributed by atoms with Gasteiger partial charge in [-0.3, -0.25) is 4.79 Å². The van der Waals surface area contributed by atoms with Gasteiger partial charge in [0.2, 0.25) is 10.0 Å². The standard InChI is InChI=1S/C20H26N2O4S/c1-5-22(6-2)27(24,25)19-12-8-10-17(14-19)21-20(23)16(4)26-18-11-7-9-15(3)13-18/h7-14,16H,5-6H2,1-4H3,(H,21,23). The molecule has 2 aromatic carbocycles. The van der Waals surface area contributed by atoms with Crippen molar-refractivity contribution in [2.45, 2.75) is 38.7 Å². The van der Waals surface area contributed by atoms with E-state index in [1.54, 1.807) is 39.0 Å². The van der Waals surface area contributed by atoms with Crippen molar-refractivity contribution in [2.24, 2.45) is 0 Å². The van der Waals surface area contributed by atoms with Crippen molar-refractivity contribution in [3.8, 4) is 5.75 Å². The number of nitrogens with zero attached hydrogens (tertiary/aromatic N) is 1. The Labute approximate surface area is 161 Å². The maximum Gasteiger partial charge on any atom is 0.265 e. The molecule has 2 aromatic rings. The highest BCUT2D eigenvalue weighted by atomic mass is 32.2. The van der Waals surface area contributed by atoms with Crippen molar-refractivity contribution in [3.63, 3.8) is 0 Å². The van der Waals surface area contributed by atoms with Crippen molar-refractivity contribution in [2.75, 3.05) is 18.4 Å². The average Bonchev–Trinajstić information content (AvgIpc) is 2.62. The number of nitrogens with one attached hydrogen (secondary N) is 1. The molecule has 7 heteroatoms. The Morgan fingerprint density at radius 3 is 2.41 bits per heavy atom. The Hall–Kier alpha value is -2.38. The Morgan fingerprint density at radius 1 is 1.11 bits per heavy atom. The van der Waals surface area contributed by atoms with Crippen molar-refractivity contribution in [1.29, 1.82) is 0 Å². The van der Waals surface area contributed by atoms with E-state index in [-0.39, 0.29) is 10.8 Å². The number of carbonyl (C=O) groups excluding carboxylic acids is 1. The lowest BCUT2D eigenvalue weighted by atomic mass is 10.2. The molecule has 0 saturated heterocycles. The second-order valence-corrected chi connectivity index (χ2v) is 8.12. The highest BCUT2D eigenvalue weighted by Gasteiger charge is 2.22. The zero-order chi connectivity index (χ0) is 20.0. The molecule has 2 rings (SSSR count). The second-order valence-electron chi connectivity index (χ2n) is 6.18. The third-order valence-electron chi connectivity index (χ3n) is 4.12. The summed E-state index contributed by atoms with van der Waals surface area (Å²) in [4.78, 5) is 12.6. The van der Waals surface area contributed by atoms with Crippen LogP contribution in [0.2, 0.25) is 0 Å². The predicted octanol–water partition coefficient (Wildman–Crippen LogP) is 3.43. The lowest BCUT2D eigenvalue weighted by Gasteiger charge is -2.19. The summed E-state index contributed by atoms with van der Waals surface area (Å²) in [5.41, 5.74) is 1.45. The largest absolute Gasteiger partial charge is 0.481 e. The number of ether oxygens (including phenoxy) is 1. The molecule has 6 nitrogen and oxygen atoms in total. The van der Waals surface area contributed by atoms with Gasteiger partial charge in [0.15, 0.2) is 6.10 Å². The Bertz CT molecular complexity index is 892. The molecule has 0 aliphatic carbocycles. The van der Waals surface area contributed by atoms with Crippen LogP contribution in [0.1, 0.15) is 26.3 Å². The Kier molecular flexibility index (Phi) is 6.98. The van der Waals surface area contributed by atoms with E-state index in [0.717, 1.165) is 5.56 Å². The highest BCUT2D eigenvalue weighted by molar-refractivity contribution is 7.89. The first-order valence-corrected chi connectivity index (χ1v) is 10.4. The van der Waals surface area contributed by atoms with E-state index < -0.39 is 16.1 Å². The van der Waals surface area contributed by atoms with Gasteiger partial charge in [0, 0.05) is 18.8 Å². The zero-order valence-corrected chi connectivity index (χ0v) is 16.9. The molecule has 1 atom stereocenters. The molecule has 146 valence electrons. The molecule has 1 N–H and O–H groups in total. The summed E-state index contributed by atoms with van der Waals surface area (Å²) in [7, 11) is -3.58. The summed E-state index contributed by atoms with van der Waals surface area (Å²) in [5, 5.41) is 2.72. The summed E-state index contributed by atoms with van der Waals surface area (Å²) >= 11 is 0. The van der Waals surface area contributed by atoms with Gasteiger partial charge in [0.1, 0.15) is 5.75 Å². The summed E-state index contributed by atoms with van der Waals surface area (Å²) in [5.74, 6) is 0.254. The fourth-order valence-corrected chi connectivity index (χ4v) is 4.14. The van der Waals surface area contributed by atoms with Gasteiger partial charge in [0.05, 0.1) is 4.90 Å². The van der Waals surface area contributed by atoms with Crippen molar-refractivity contribution in [3.05, 3.63) is 54.1 Å². The lowest BCUT2D eigenvalue weighted by Crippen LogP contribution is -2.31. The normalized spacial score (nSPS) is 12.6. The van der Waals surface area contributed by atoms with E-state index >= 15 is 0 Å². The summed E-state index contributed by atoms with van der Waals surface area (Å²) < 4.78 is 32.3. The first kappa shape index (κ1) is 20.9. The van der Waals surface area contributed by atoms with E-state index in [0.29, 0.717) is 24.5 Å². The molecule has 1 unspecified atom stereocenters. The number of aryl methyl sites for hydroxylation is 1. The second kappa shape index (κ2) is 9.01. The van der Waals surface area contributed by atoms with Crippen LogP contribution in [0.15, 0.2) is 53.4 Å². The minimum absolute atomic E-state index is 0.149. The fourth-order valence-electron chi connectivity index (χ4n) is 2.64. The van der Waals surface area contributed by atoms with Gasteiger partial charge >= 0.3 is 0 Å². The smallest absolute Gasteiger partial charge is 0.265 e. The van der Waals surface area contributed by atoms with Gasteiger partial charge < -0.3 is 10.1 Å². The van der Waals surface area contributed by atoms with Gasteiger partial charge in [-0.2, -0.15) is 4.31 Å². The molecule has 0 radical (unpaired) electrons. The number of amides is 1. The van der Waals surface area contributed by atoms with Crippen LogP contribution in [-0.4, -0.2) is 37.8 Å². The van der Waals surface area contributed by atoms with Gasteiger partial charge in [-0.05, 0) is 49.7 Å². The summed E-state index contributed by atoms with van der Waals surface area (Å²) in [6, 6.07) is 13.7. The molecule has 0 aliphatic heterocycles. The van der Waals surface area contributed by atoms with Crippen LogP contribution in [0.25, 0.3) is 0 Å².